The molecule has 6 N–H and O–H groups in total. The highest BCUT2D eigenvalue weighted by molar-refractivity contribution is 5.92. The number of nitrogens with one attached hydrogen (secondary N) is 2. The van der Waals surface area contributed by atoms with Crippen LogP contribution in [-0.4, -0.2) is 29.9 Å². The summed E-state index contributed by atoms with van der Waals surface area (Å²) in [6.45, 7) is 0. The van der Waals surface area contributed by atoms with E-state index < -0.39 is 29.9 Å². The van der Waals surface area contributed by atoms with E-state index in [9.17, 15) is 14.4 Å². The van der Waals surface area contributed by atoms with Crippen LogP contribution in [0, 0.1) is 0 Å². The van der Waals surface area contributed by atoms with Crippen molar-refractivity contribution in [3.8, 4) is 0 Å². The lowest BCUT2D eigenvalue weighted by Gasteiger charge is -2.27. The maximum atomic E-state index is 10.9. The maximum Gasteiger partial charge on any atom is 0.316 e. The number of primary amides is 2. The predicted molar refractivity (Wildman–Crippen MR) is 42.2 cm³/mol. The van der Waals surface area contributed by atoms with E-state index in [2.05, 4.69) is 10.6 Å². The smallest absolute Gasteiger partial charge is 0.316 e. The molecule has 1 fully saturated rings. The van der Waals surface area contributed by atoms with Crippen molar-refractivity contribution in [3.63, 3.8) is 0 Å². The average molecular weight is 186 g/mol. The molecule has 4 amide bonds. The fourth-order valence-electron chi connectivity index (χ4n) is 1.09. The molecule has 7 nitrogen and oxygen atoms in total. The van der Waals surface area contributed by atoms with E-state index in [4.69, 9.17) is 11.5 Å². The first-order valence-electron chi connectivity index (χ1n) is 3.66. The summed E-state index contributed by atoms with van der Waals surface area (Å²) in [7, 11) is 0. The van der Waals surface area contributed by atoms with Crippen molar-refractivity contribution in [2.75, 3.05) is 0 Å². The Bertz CT molecular complexity index is 241. The minimum absolute atomic E-state index is 0.0937. The molecule has 1 rings (SSSR count). The third kappa shape index (κ3) is 2.08. The van der Waals surface area contributed by atoms with Crippen LogP contribution in [0.2, 0.25) is 0 Å². The van der Waals surface area contributed by atoms with Gasteiger partial charge in [-0.3, -0.25) is 9.59 Å². The molecule has 1 aliphatic heterocycles. The second kappa shape index (κ2) is 3.30. The van der Waals surface area contributed by atoms with E-state index in [1.807, 2.05) is 0 Å². The van der Waals surface area contributed by atoms with E-state index >= 15 is 0 Å². The van der Waals surface area contributed by atoms with Gasteiger partial charge in [-0.1, -0.05) is 0 Å². The van der Waals surface area contributed by atoms with Crippen LogP contribution in [0.4, 0.5) is 4.79 Å². The molecular weight excluding hydrogens is 176 g/mol. The maximum absolute atomic E-state index is 10.9. The highest BCUT2D eigenvalue weighted by Gasteiger charge is 2.31. The van der Waals surface area contributed by atoms with Crippen LogP contribution in [0.1, 0.15) is 6.42 Å². The van der Waals surface area contributed by atoms with Gasteiger partial charge in [-0.2, -0.15) is 0 Å². The van der Waals surface area contributed by atoms with Crippen molar-refractivity contribution >= 4 is 17.8 Å². The molecule has 7 heteroatoms. The Kier molecular flexibility index (Phi) is 2.36. The highest BCUT2D eigenvalue weighted by Crippen LogP contribution is 2.03. The van der Waals surface area contributed by atoms with Crippen LogP contribution in [0.3, 0.4) is 0 Å². The molecule has 0 aromatic carbocycles. The summed E-state index contributed by atoms with van der Waals surface area (Å²) in [6.07, 6.45) is 0.0937. The Balaban J connectivity index is 2.68. The number of nitrogens with two attached hydrogens (primary N) is 2. The number of amides is 4. The summed E-state index contributed by atoms with van der Waals surface area (Å²) in [6, 6.07) is -2.27. The fourth-order valence-corrected chi connectivity index (χ4v) is 1.09. The van der Waals surface area contributed by atoms with E-state index in [0.717, 1.165) is 0 Å². The van der Waals surface area contributed by atoms with Crippen molar-refractivity contribution < 1.29 is 14.4 Å². The van der Waals surface area contributed by atoms with Crippen LogP contribution in [0.15, 0.2) is 0 Å². The van der Waals surface area contributed by atoms with Gasteiger partial charge in [-0.15, -0.1) is 0 Å². The van der Waals surface area contributed by atoms with E-state index in [0.29, 0.717) is 0 Å². The summed E-state index contributed by atoms with van der Waals surface area (Å²) < 4.78 is 0. The molecule has 1 saturated heterocycles. The quantitative estimate of drug-likeness (QED) is 0.377. The molecule has 2 unspecified atom stereocenters. The second-order valence-electron chi connectivity index (χ2n) is 2.76. The van der Waals surface area contributed by atoms with Gasteiger partial charge in [-0.25, -0.2) is 4.79 Å². The summed E-state index contributed by atoms with van der Waals surface area (Å²) in [5.41, 5.74) is 9.92. The summed E-state index contributed by atoms with van der Waals surface area (Å²) >= 11 is 0. The van der Waals surface area contributed by atoms with Gasteiger partial charge in [0.2, 0.25) is 11.8 Å². The Morgan fingerprint density at radius 1 is 1.15 bits per heavy atom. The van der Waals surface area contributed by atoms with Gasteiger partial charge in [0.15, 0.2) is 0 Å². The van der Waals surface area contributed by atoms with Crippen LogP contribution in [-0.2, 0) is 9.59 Å². The molecule has 0 saturated carbocycles. The zero-order valence-electron chi connectivity index (χ0n) is 6.74. The molecule has 1 aliphatic rings. The van der Waals surface area contributed by atoms with Crippen molar-refractivity contribution in [1.29, 1.82) is 0 Å². The first kappa shape index (κ1) is 9.30. The largest absolute Gasteiger partial charge is 0.368 e. The number of hydrogen-bond acceptors (Lipinski definition) is 3. The van der Waals surface area contributed by atoms with E-state index in [-0.39, 0.29) is 6.42 Å². The summed E-state index contributed by atoms with van der Waals surface area (Å²) in [5.74, 6) is -1.36. The lowest BCUT2D eigenvalue weighted by Crippen LogP contribution is -2.61. The zero-order valence-corrected chi connectivity index (χ0v) is 6.74. The van der Waals surface area contributed by atoms with Crippen LogP contribution < -0.4 is 22.1 Å². The monoisotopic (exact) mass is 186 g/mol. The Morgan fingerprint density at radius 3 is 1.85 bits per heavy atom. The molecular formula is C6H10N4O3. The summed E-state index contributed by atoms with van der Waals surface area (Å²) in [5, 5.41) is 4.54. The molecule has 0 radical (unpaired) electrons. The number of hydrogen-bond donors (Lipinski definition) is 4. The highest BCUT2D eigenvalue weighted by atomic mass is 16.2. The van der Waals surface area contributed by atoms with Gasteiger partial charge >= 0.3 is 6.03 Å². The average Bonchev–Trinajstić information content (AvgIpc) is 2.03. The van der Waals surface area contributed by atoms with Crippen molar-refractivity contribution in [2.24, 2.45) is 11.5 Å². The molecule has 0 spiro atoms. The second-order valence-corrected chi connectivity index (χ2v) is 2.76. The van der Waals surface area contributed by atoms with Gasteiger partial charge < -0.3 is 22.1 Å². The molecule has 0 bridgehead atoms. The van der Waals surface area contributed by atoms with Gasteiger partial charge in [-0.05, 0) is 0 Å². The first-order chi connectivity index (χ1) is 6.00. The van der Waals surface area contributed by atoms with Gasteiger partial charge in [0.25, 0.3) is 0 Å². The predicted octanol–water partition coefficient (Wildman–Crippen LogP) is -2.60. The normalized spacial score (nSPS) is 27.2. The van der Waals surface area contributed by atoms with E-state index in [1.54, 1.807) is 0 Å². The molecule has 0 aromatic rings. The Morgan fingerprint density at radius 2 is 1.54 bits per heavy atom. The SMILES string of the molecule is NC(=O)C1CC(C(N)=O)NC(=O)N1. The molecule has 1 heterocycles. The van der Waals surface area contributed by atoms with Crippen molar-refractivity contribution in [1.82, 2.24) is 10.6 Å². The molecule has 72 valence electrons. The van der Waals surface area contributed by atoms with Crippen molar-refractivity contribution in [3.05, 3.63) is 0 Å². The molecule has 0 aromatic heterocycles. The standard InChI is InChI=1S/C6H10N4O3/c7-4(11)2-1-3(5(8)12)10-6(13)9-2/h2-3H,1H2,(H2,7,11)(H2,8,12)(H2,9,10,13). The minimum atomic E-state index is -0.828. The van der Waals surface area contributed by atoms with Crippen LogP contribution >= 0.6 is 0 Å². The number of urea groups is 1. The number of rotatable bonds is 2. The van der Waals surface area contributed by atoms with Gasteiger partial charge in [0.05, 0.1) is 0 Å². The number of carbonyl (C=O) groups excluding carboxylic acids is 3. The minimum Gasteiger partial charge on any atom is -0.368 e. The third-order valence-corrected chi connectivity index (χ3v) is 1.77. The van der Waals surface area contributed by atoms with E-state index in [1.165, 1.54) is 0 Å². The third-order valence-electron chi connectivity index (χ3n) is 1.77. The van der Waals surface area contributed by atoms with Gasteiger partial charge in [0, 0.05) is 6.42 Å². The van der Waals surface area contributed by atoms with Crippen molar-refractivity contribution in [2.45, 2.75) is 18.5 Å². The molecule has 2 atom stereocenters. The lowest BCUT2D eigenvalue weighted by molar-refractivity contribution is -0.122. The first-order valence-corrected chi connectivity index (χ1v) is 3.66. The van der Waals surface area contributed by atoms with Gasteiger partial charge in [0.1, 0.15) is 12.1 Å². The Hall–Kier alpha value is -1.79. The van der Waals surface area contributed by atoms with Crippen LogP contribution in [0.5, 0.6) is 0 Å². The zero-order chi connectivity index (χ0) is 10.0. The topological polar surface area (TPSA) is 127 Å². The molecule has 0 aliphatic carbocycles. The lowest BCUT2D eigenvalue weighted by atomic mass is 10.0. The summed E-state index contributed by atoms with van der Waals surface area (Å²) in [4.78, 5) is 32.2. The molecule has 13 heavy (non-hydrogen) atoms. The van der Waals surface area contributed by atoms with Crippen LogP contribution in [0.25, 0.3) is 0 Å². The Labute approximate surface area is 73.8 Å². The fraction of sp³-hybridized carbons (Fsp3) is 0.500. The number of carbonyl (C=O) groups is 3.